The number of piperidine rings is 1. The highest BCUT2D eigenvalue weighted by atomic mass is 15.2. The molecule has 0 amide bonds. The van der Waals surface area contributed by atoms with E-state index in [2.05, 4.69) is 57.1 Å². The van der Waals surface area contributed by atoms with Gasteiger partial charge in [0.2, 0.25) is 0 Å². The van der Waals surface area contributed by atoms with Crippen LogP contribution in [0, 0.1) is 26.7 Å². The third kappa shape index (κ3) is 4.08. The van der Waals surface area contributed by atoms with E-state index in [0.29, 0.717) is 6.04 Å². The van der Waals surface area contributed by atoms with Crippen LogP contribution in [0.5, 0.6) is 0 Å². The molecule has 1 atom stereocenters. The predicted molar refractivity (Wildman–Crippen MR) is 91.9 cm³/mol. The molecule has 1 heterocycles. The van der Waals surface area contributed by atoms with Crippen LogP contribution in [0.15, 0.2) is 12.1 Å². The first kappa shape index (κ1) is 16.5. The van der Waals surface area contributed by atoms with Crippen LogP contribution in [0.2, 0.25) is 0 Å². The standard InChI is InChI=1S/C19H32N2/c1-14-12-15(2)19(16(3)13-14)17(4)21-10-7-18(8-11-21)6-9-20-5/h12-13,17-18,20H,6-11H2,1-5H3. The summed E-state index contributed by atoms with van der Waals surface area (Å²) in [6.45, 7) is 12.8. The minimum Gasteiger partial charge on any atom is -0.320 e. The molecule has 1 aromatic carbocycles. The van der Waals surface area contributed by atoms with Gasteiger partial charge in [-0.2, -0.15) is 0 Å². The zero-order valence-electron chi connectivity index (χ0n) is 14.5. The zero-order valence-corrected chi connectivity index (χ0v) is 14.5. The van der Waals surface area contributed by atoms with E-state index in [9.17, 15) is 0 Å². The van der Waals surface area contributed by atoms with Crippen molar-refractivity contribution in [1.29, 1.82) is 0 Å². The summed E-state index contributed by atoms with van der Waals surface area (Å²) in [7, 11) is 2.06. The molecule has 2 nitrogen and oxygen atoms in total. The van der Waals surface area contributed by atoms with E-state index in [0.717, 1.165) is 12.5 Å². The molecule has 0 radical (unpaired) electrons. The number of nitrogens with one attached hydrogen (secondary N) is 1. The van der Waals surface area contributed by atoms with Crippen LogP contribution in [-0.4, -0.2) is 31.6 Å². The Bertz CT molecular complexity index is 436. The highest BCUT2D eigenvalue weighted by Gasteiger charge is 2.24. The fourth-order valence-corrected chi connectivity index (χ4v) is 4.01. The SMILES string of the molecule is CNCCC1CCN(C(C)c2c(C)cc(C)cc2C)CC1. The second kappa shape index (κ2) is 7.42. The first-order valence-electron chi connectivity index (χ1n) is 8.49. The van der Waals surface area contributed by atoms with Crippen molar-refractivity contribution >= 4 is 0 Å². The normalized spacial score (nSPS) is 18.9. The maximum Gasteiger partial charge on any atom is 0.0325 e. The Kier molecular flexibility index (Phi) is 5.83. The Labute approximate surface area is 130 Å². The van der Waals surface area contributed by atoms with Crippen LogP contribution in [-0.2, 0) is 0 Å². The lowest BCUT2D eigenvalue weighted by atomic mass is 9.89. The maximum atomic E-state index is 3.28. The molecule has 1 saturated heterocycles. The van der Waals surface area contributed by atoms with E-state index >= 15 is 0 Å². The van der Waals surface area contributed by atoms with Gasteiger partial charge in [0.1, 0.15) is 0 Å². The third-order valence-corrected chi connectivity index (χ3v) is 5.16. The van der Waals surface area contributed by atoms with E-state index < -0.39 is 0 Å². The topological polar surface area (TPSA) is 15.3 Å². The summed E-state index contributed by atoms with van der Waals surface area (Å²) < 4.78 is 0. The van der Waals surface area contributed by atoms with Crippen LogP contribution in [0.25, 0.3) is 0 Å². The van der Waals surface area contributed by atoms with Crippen LogP contribution >= 0.6 is 0 Å². The summed E-state index contributed by atoms with van der Waals surface area (Å²) in [5.74, 6) is 0.918. The molecule has 1 N–H and O–H groups in total. The molecule has 0 bridgehead atoms. The lowest BCUT2D eigenvalue weighted by Gasteiger charge is -2.37. The summed E-state index contributed by atoms with van der Waals surface area (Å²) in [6, 6.07) is 5.22. The van der Waals surface area contributed by atoms with Crippen molar-refractivity contribution in [1.82, 2.24) is 10.2 Å². The van der Waals surface area contributed by atoms with E-state index in [-0.39, 0.29) is 0 Å². The van der Waals surface area contributed by atoms with Gasteiger partial charge in [-0.15, -0.1) is 0 Å². The van der Waals surface area contributed by atoms with Crippen molar-refractivity contribution in [2.45, 2.75) is 53.0 Å². The number of rotatable bonds is 5. The Morgan fingerprint density at radius 3 is 2.24 bits per heavy atom. The minimum atomic E-state index is 0.552. The van der Waals surface area contributed by atoms with E-state index in [4.69, 9.17) is 0 Å². The largest absolute Gasteiger partial charge is 0.320 e. The molecule has 21 heavy (non-hydrogen) atoms. The first-order chi connectivity index (χ1) is 10.0. The minimum absolute atomic E-state index is 0.552. The molecule has 0 aromatic heterocycles. The molecule has 2 heteroatoms. The Hall–Kier alpha value is -0.860. The quantitative estimate of drug-likeness (QED) is 0.881. The molecule has 1 aliphatic rings. The fraction of sp³-hybridized carbons (Fsp3) is 0.684. The lowest BCUT2D eigenvalue weighted by Crippen LogP contribution is -2.36. The third-order valence-electron chi connectivity index (χ3n) is 5.16. The van der Waals surface area contributed by atoms with Gasteiger partial charge >= 0.3 is 0 Å². The smallest absolute Gasteiger partial charge is 0.0325 e. The first-order valence-corrected chi connectivity index (χ1v) is 8.49. The molecule has 0 spiro atoms. The number of aryl methyl sites for hydroxylation is 3. The summed E-state index contributed by atoms with van der Waals surface area (Å²) in [6.07, 6.45) is 4.05. The Morgan fingerprint density at radius 1 is 1.14 bits per heavy atom. The van der Waals surface area contributed by atoms with E-state index in [1.165, 1.54) is 49.0 Å². The molecular formula is C19H32N2. The average molecular weight is 288 g/mol. The van der Waals surface area contributed by atoms with Gasteiger partial charge in [0.25, 0.3) is 0 Å². The van der Waals surface area contributed by atoms with Gasteiger partial charge in [-0.25, -0.2) is 0 Å². The monoisotopic (exact) mass is 288 g/mol. The molecule has 1 aromatic rings. The van der Waals surface area contributed by atoms with Crippen LogP contribution in [0.3, 0.4) is 0 Å². The summed E-state index contributed by atoms with van der Waals surface area (Å²) in [5, 5.41) is 3.28. The van der Waals surface area contributed by atoms with Gasteiger partial charge in [0.05, 0.1) is 0 Å². The maximum absolute atomic E-state index is 3.28. The second-order valence-electron chi connectivity index (χ2n) is 6.86. The molecule has 118 valence electrons. The van der Waals surface area contributed by atoms with Crippen LogP contribution < -0.4 is 5.32 Å². The summed E-state index contributed by atoms with van der Waals surface area (Å²) >= 11 is 0. The predicted octanol–water partition coefficient (Wildman–Crippen LogP) is 3.99. The molecule has 0 saturated carbocycles. The number of likely N-dealkylation sites (tertiary alicyclic amines) is 1. The summed E-state index contributed by atoms with van der Waals surface area (Å²) in [5.41, 5.74) is 5.84. The number of hydrogen-bond donors (Lipinski definition) is 1. The highest BCUT2D eigenvalue weighted by Crippen LogP contribution is 2.31. The summed E-state index contributed by atoms with van der Waals surface area (Å²) in [4.78, 5) is 2.68. The van der Waals surface area contributed by atoms with Gasteiger partial charge in [-0.05, 0) is 96.2 Å². The van der Waals surface area contributed by atoms with Gasteiger partial charge in [0.15, 0.2) is 0 Å². The van der Waals surface area contributed by atoms with Crippen molar-refractivity contribution in [3.05, 3.63) is 34.4 Å². The van der Waals surface area contributed by atoms with E-state index in [1.807, 2.05) is 0 Å². The Morgan fingerprint density at radius 2 is 1.71 bits per heavy atom. The number of hydrogen-bond acceptors (Lipinski definition) is 2. The van der Waals surface area contributed by atoms with Crippen molar-refractivity contribution < 1.29 is 0 Å². The lowest BCUT2D eigenvalue weighted by molar-refractivity contribution is 0.137. The van der Waals surface area contributed by atoms with Crippen molar-refractivity contribution in [3.63, 3.8) is 0 Å². The van der Waals surface area contributed by atoms with Crippen molar-refractivity contribution in [2.24, 2.45) is 5.92 Å². The van der Waals surface area contributed by atoms with Gasteiger partial charge in [-0.1, -0.05) is 17.7 Å². The molecule has 1 unspecified atom stereocenters. The molecular weight excluding hydrogens is 256 g/mol. The molecule has 1 aliphatic heterocycles. The molecule has 2 rings (SSSR count). The Balaban J connectivity index is 2.00. The second-order valence-corrected chi connectivity index (χ2v) is 6.86. The highest BCUT2D eigenvalue weighted by molar-refractivity contribution is 5.39. The van der Waals surface area contributed by atoms with Gasteiger partial charge in [-0.3, -0.25) is 4.90 Å². The average Bonchev–Trinajstić information content (AvgIpc) is 2.44. The van der Waals surface area contributed by atoms with Crippen molar-refractivity contribution in [3.8, 4) is 0 Å². The molecule has 0 aliphatic carbocycles. The zero-order chi connectivity index (χ0) is 15.4. The van der Waals surface area contributed by atoms with Gasteiger partial charge in [0, 0.05) is 6.04 Å². The fourth-order valence-electron chi connectivity index (χ4n) is 4.01. The van der Waals surface area contributed by atoms with Crippen molar-refractivity contribution in [2.75, 3.05) is 26.7 Å². The number of benzene rings is 1. The molecule has 1 fully saturated rings. The van der Waals surface area contributed by atoms with E-state index in [1.54, 1.807) is 5.56 Å². The van der Waals surface area contributed by atoms with Gasteiger partial charge < -0.3 is 5.32 Å². The van der Waals surface area contributed by atoms with Crippen LogP contribution in [0.4, 0.5) is 0 Å². The van der Waals surface area contributed by atoms with Crippen LogP contribution in [0.1, 0.15) is 54.5 Å². The number of nitrogens with zero attached hydrogens (tertiary/aromatic N) is 1.